The predicted octanol–water partition coefficient (Wildman–Crippen LogP) is 2.81. The molecule has 0 saturated heterocycles. The van der Waals surface area contributed by atoms with Gasteiger partial charge in [0.15, 0.2) is 5.78 Å². The highest BCUT2D eigenvalue weighted by Crippen LogP contribution is 2.17. The van der Waals surface area contributed by atoms with E-state index in [2.05, 4.69) is 0 Å². The SMILES string of the molecule is O=C(CNCC(F)(F)F)c1cc(F)ccc1Cl. The van der Waals surface area contributed by atoms with Gasteiger partial charge in [0, 0.05) is 5.56 Å². The van der Waals surface area contributed by atoms with Crippen molar-refractivity contribution in [1.82, 2.24) is 5.32 Å². The maximum atomic E-state index is 12.8. The standard InChI is InChI=1S/C10H8ClF4NO/c11-8-2-1-6(12)3-7(8)9(17)4-16-5-10(13,14)15/h1-3,16H,4-5H2. The summed E-state index contributed by atoms with van der Waals surface area (Å²) in [6, 6.07) is 3.12. The quantitative estimate of drug-likeness (QED) is 0.673. The molecule has 0 heterocycles. The van der Waals surface area contributed by atoms with Gasteiger partial charge in [0.1, 0.15) is 5.82 Å². The molecule has 0 atom stereocenters. The zero-order valence-electron chi connectivity index (χ0n) is 8.44. The van der Waals surface area contributed by atoms with Crippen LogP contribution in [0, 0.1) is 5.82 Å². The lowest BCUT2D eigenvalue weighted by Gasteiger charge is -2.08. The molecule has 2 nitrogen and oxygen atoms in total. The van der Waals surface area contributed by atoms with E-state index < -0.39 is 30.9 Å². The van der Waals surface area contributed by atoms with Gasteiger partial charge in [-0.05, 0) is 18.2 Å². The topological polar surface area (TPSA) is 29.1 Å². The lowest BCUT2D eigenvalue weighted by molar-refractivity contribution is -0.124. The Labute approximate surface area is 99.6 Å². The summed E-state index contributed by atoms with van der Waals surface area (Å²) in [5.74, 6) is -1.37. The predicted molar refractivity (Wildman–Crippen MR) is 54.7 cm³/mol. The third-order valence-corrected chi connectivity index (χ3v) is 2.17. The molecule has 1 aromatic rings. The fraction of sp³-hybridized carbons (Fsp3) is 0.300. The lowest BCUT2D eigenvalue weighted by atomic mass is 10.1. The van der Waals surface area contributed by atoms with Crippen molar-refractivity contribution in [2.45, 2.75) is 6.18 Å². The number of alkyl halides is 3. The summed E-state index contributed by atoms with van der Waals surface area (Å²) in [6.45, 7) is -1.84. The summed E-state index contributed by atoms with van der Waals surface area (Å²) in [7, 11) is 0. The fourth-order valence-corrected chi connectivity index (χ4v) is 1.35. The van der Waals surface area contributed by atoms with E-state index >= 15 is 0 Å². The molecule has 17 heavy (non-hydrogen) atoms. The van der Waals surface area contributed by atoms with Crippen LogP contribution in [0.2, 0.25) is 5.02 Å². The highest BCUT2D eigenvalue weighted by Gasteiger charge is 2.26. The smallest absolute Gasteiger partial charge is 0.302 e. The molecule has 0 aliphatic rings. The van der Waals surface area contributed by atoms with Crippen molar-refractivity contribution in [1.29, 1.82) is 0 Å². The number of hydrogen-bond donors (Lipinski definition) is 1. The molecule has 0 amide bonds. The summed E-state index contributed by atoms with van der Waals surface area (Å²) >= 11 is 5.62. The van der Waals surface area contributed by atoms with E-state index in [1.165, 1.54) is 6.07 Å². The van der Waals surface area contributed by atoms with Gasteiger partial charge in [-0.1, -0.05) is 11.6 Å². The van der Waals surface area contributed by atoms with Gasteiger partial charge in [0.05, 0.1) is 18.1 Å². The molecule has 0 bridgehead atoms. The second kappa shape index (κ2) is 5.46. The van der Waals surface area contributed by atoms with Gasteiger partial charge < -0.3 is 5.32 Å². The minimum Gasteiger partial charge on any atom is -0.302 e. The molecule has 0 unspecified atom stereocenters. The van der Waals surface area contributed by atoms with Crippen LogP contribution in [0.15, 0.2) is 18.2 Å². The monoisotopic (exact) mass is 269 g/mol. The van der Waals surface area contributed by atoms with Crippen LogP contribution < -0.4 is 5.32 Å². The molecule has 0 spiro atoms. The Morgan fingerprint density at radius 3 is 2.59 bits per heavy atom. The summed E-state index contributed by atoms with van der Waals surface area (Å²) in [5, 5.41) is 1.92. The molecular formula is C10H8ClF4NO. The van der Waals surface area contributed by atoms with Crippen molar-refractivity contribution in [2.75, 3.05) is 13.1 Å². The van der Waals surface area contributed by atoms with Crippen molar-refractivity contribution in [3.8, 4) is 0 Å². The van der Waals surface area contributed by atoms with E-state index in [0.717, 1.165) is 12.1 Å². The highest BCUT2D eigenvalue weighted by atomic mass is 35.5. The molecule has 0 aromatic heterocycles. The summed E-state index contributed by atoms with van der Waals surface area (Å²) in [4.78, 5) is 11.4. The molecule has 0 aliphatic carbocycles. The van der Waals surface area contributed by atoms with E-state index in [1.54, 1.807) is 0 Å². The first-order chi connectivity index (χ1) is 7.79. The number of halogens is 5. The van der Waals surface area contributed by atoms with Gasteiger partial charge >= 0.3 is 6.18 Å². The highest BCUT2D eigenvalue weighted by molar-refractivity contribution is 6.34. The number of carbonyl (C=O) groups is 1. The molecule has 0 fully saturated rings. The summed E-state index contributed by atoms with van der Waals surface area (Å²) in [6.07, 6.45) is -4.40. The van der Waals surface area contributed by atoms with Crippen LogP contribution in [-0.2, 0) is 0 Å². The minimum absolute atomic E-state index is 0.00482. The van der Waals surface area contributed by atoms with Gasteiger partial charge in [-0.15, -0.1) is 0 Å². The third-order valence-electron chi connectivity index (χ3n) is 1.84. The first kappa shape index (κ1) is 13.9. The first-order valence-electron chi connectivity index (χ1n) is 4.55. The first-order valence-corrected chi connectivity index (χ1v) is 4.93. The van der Waals surface area contributed by atoms with Gasteiger partial charge in [-0.25, -0.2) is 4.39 Å². The second-order valence-electron chi connectivity index (χ2n) is 3.27. The summed E-state index contributed by atoms with van der Waals surface area (Å²) in [5.41, 5.74) is -0.138. The summed E-state index contributed by atoms with van der Waals surface area (Å²) < 4.78 is 48.2. The number of nitrogens with one attached hydrogen (secondary N) is 1. The van der Waals surface area contributed by atoms with Crippen LogP contribution in [0.25, 0.3) is 0 Å². The average Bonchev–Trinajstić information content (AvgIpc) is 2.19. The number of Topliss-reactive ketones (excluding diaryl/α,β-unsaturated/α-hetero) is 1. The molecule has 0 aliphatic heterocycles. The van der Waals surface area contributed by atoms with Crippen molar-refractivity contribution < 1.29 is 22.4 Å². The Hall–Kier alpha value is -1.14. The Morgan fingerprint density at radius 1 is 1.35 bits per heavy atom. The van der Waals surface area contributed by atoms with Crippen molar-refractivity contribution in [3.05, 3.63) is 34.6 Å². The van der Waals surface area contributed by atoms with E-state index in [0.29, 0.717) is 0 Å². The van der Waals surface area contributed by atoms with Crippen LogP contribution in [-0.4, -0.2) is 25.0 Å². The van der Waals surface area contributed by atoms with Crippen molar-refractivity contribution in [2.24, 2.45) is 0 Å². The number of hydrogen-bond acceptors (Lipinski definition) is 2. The van der Waals surface area contributed by atoms with Crippen molar-refractivity contribution in [3.63, 3.8) is 0 Å². The largest absolute Gasteiger partial charge is 0.401 e. The number of rotatable bonds is 4. The van der Waals surface area contributed by atoms with E-state index in [1.807, 2.05) is 5.32 Å². The molecule has 1 N–H and O–H groups in total. The number of benzene rings is 1. The maximum absolute atomic E-state index is 12.8. The lowest BCUT2D eigenvalue weighted by Crippen LogP contribution is -2.32. The zero-order valence-corrected chi connectivity index (χ0v) is 9.20. The normalized spacial score (nSPS) is 11.6. The van der Waals surface area contributed by atoms with E-state index in [-0.39, 0.29) is 10.6 Å². The molecule has 1 rings (SSSR count). The Kier molecular flexibility index (Phi) is 4.47. The van der Waals surface area contributed by atoms with Crippen LogP contribution in [0.3, 0.4) is 0 Å². The number of ketones is 1. The Bertz CT molecular complexity index is 419. The second-order valence-corrected chi connectivity index (χ2v) is 3.67. The zero-order chi connectivity index (χ0) is 13.1. The van der Waals surface area contributed by atoms with E-state index in [9.17, 15) is 22.4 Å². The molecule has 94 valence electrons. The Morgan fingerprint density at radius 2 is 2.00 bits per heavy atom. The van der Waals surface area contributed by atoms with E-state index in [4.69, 9.17) is 11.6 Å². The average molecular weight is 270 g/mol. The Balaban J connectivity index is 2.61. The van der Waals surface area contributed by atoms with Crippen LogP contribution in [0.5, 0.6) is 0 Å². The molecule has 0 radical (unpaired) electrons. The number of carbonyl (C=O) groups excluding carboxylic acids is 1. The molecule has 0 saturated carbocycles. The van der Waals surface area contributed by atoms with Gasteiger partial charge in [-0.3, -0.25) is 4.79 Å². The van der Waals surface area contributed by atoms with Gasteiger partial charge in [-0.2, -0.15) is 13.2 Å². The van der Waals surface area contributed by atoms with Gasteiger partial charge in [0.25, 0.3) is 0 Å². The molecule has 1 aromatic carbocycles. The van der Waals surface area contributed by atoms with Gasteiger partial charge in [0.2, 0.25) is 0 Å². The van der Waals surface area contributed by atoms with Crippen LogP contribution >= 0.6 is 11.6 Å². The molecule has 7 heteroatoms. The van der Waals surface area contributed by atoms with Crippen LogP contribution in [0.4, 0.5) is 17.6 Å². The third kappa shape index (κ3) is 4.70. The molecular weight excluding hydrogens is 262 g/mol. The van der Waals surface area contributed by atoms with Crippen LogP contribution in [0.1, 0.15) is 10.4 Å². The minimum atomic E-state index is -4.40. The fourth-order valence-electron chi connectivity index (χ4n) is 1.12. The maximum Gasteiger partial charge on any atom is 0.401 e. The van der Waals surface area contributed by atoms with Crippen molar-refractivity contribution >= 4 is 17.4 Å².